The summed E-state index contributed by atoms with van der Waals surface area (Å²) in [4.78, 5) is 38.4. The second-order valence-corrected chi connectivity index (χ2v) is 11.9. The Balaban J connectivity index is 1.86. The molecule has 0 aliphatic carbocycles. The summed E-state index contributed by atoms with van der Waals surface area (Å²) in [6.07, 6.45) is 1.99. The van der Waals surface area contributed by atoms with E-state index in [4.69, 9.17) is 36.8 Å². The lowest BCUT2D eigenvalue weighted by molar-refractivity contribution is -0.149. The molecule has 1 aromatic carbocycles. The number of hydrogen-bond donors (Lipinski definition) is 4. The summed E-state index contributed by atoms with van der Waals surface area (Å²) in [6, 6.07) is 8.70. The first-order valence-electron chi connectivity index (χ1n) is 11.7. The van der Waals surface area contributed by atoms with Gasteiger partial charge in [-0.05, 0) is 44.2 Å². The number of carbonyl (C=O) groups is 1. The first kappa shape index (κ1) is 29.7. The average Bonchev–Trinajstić information content (AvgIpc) is 3.12. The number of nitrogens with one attached hydrogen (secondary N) is 2. The monoisotopic (exact) mass is 567 g/mol. The number of terminal acetylenes is 1. The van der Waals surface area contributed by atoms with Gasteiger partial charge in [0, 0.05) is 12.3 Å². The number of aromatic nitrogens is 2. The minimum Gasteiger partial charge on any atom is -0.462 e. The van der Waals surface area contributed by atoms with Gasteiger partial charge in [-0.25, -0.2) is 9.88 Å². The summed E-state index contributed by atoms with van der Waals surface area (Å²) in [7, 11) is 0. The zero-order valence-corrected chi connectivity index (χ0v) is 22.7. The molecule has 0 radical (unpaired) electrons. The number of rotatable bonds is 11. The molecule has 12 nitrogen and oxygen atoms in total. The van der Waals surface area contributed by atoms with Gasteiger partial charge in [0.15, 0.2) is 11.8 Å². The quantitative estimate of drug-likeness (QED) is 0.173. The molecule has 3 rings (SSSR count). The highest BCUT2D eigenvalue weighted by Gasteiger charge is 2.56. The average molecular weight is 568 g/mol. The number of aliphatic hydroxyl groups excluding tert-OH is 1. The Hall–Kier alpha value is -2.82. The molecular formula is C24H30N3O9PS. The van der Waals surface area contributed by atoms with Crippen LogP contribution < -0.4 is 20.9 Å². The molecule has 206 valence electrons. The van der Waals surface area contributed by atoms with Crippen LogP contribution in [0, 0.1) is 12.3 Å². The minimum atomic E-state index is -3.51. The van der Waals surface area contributed by atoms with Crippen molar-refractivity contribution in [2.24, 2.45) is 0 Å². The lowest BCUT2D eigenvalue weighted by atomic mass is 9.95. The van der Waals surface area contributed by atoms with Crippen LogP contribution in [0.25, 0.3) is 0 Å². The Morgan fingerprint density at radius 2 is 2.03 bits per heavy atom. The summed E-state index contributed by atoms with van der Waals surface area (Å²) in [5.74, 6) is 1.88. The van der Waals surface area contributed by atoms with E-state index in [1.54, 1.807) is 51.1 Å². The summed E-state index contributed by atoms with van der Waals surface area (Å²) in [6.45, 7) is 1.24. The molecule has 1 unspecified atom stereocenters. The maximum atomic E-state index is 12.6. The molecule has 2 heterocycles. The van der Waals surface area contributed by atoms with E-state index >= 15 is 0 Å². The molecule has 1 saturated heterocycles. The smallest absolute Gasteiger partial charge is 0.330 e. The highest BCUT2D eigenvalue weighted by atomic mass is 32.5. The molecule has 14 heteroatoms. The van der Waals surface area contributed by atoms with E-state index in [-0.39, 0.29) is 6.10 Å². The fraction of sp³-hybridized carbons (Fsp3) is 0.458. The number of H-pyrrole nitrogens is 1. The minimum absolute atomic E-state index is 0.308. The van der Waals surface area contributed by atoms with Crippen molar-refractivity contribution in [1.82, 2.24) is 14.6 Å². The number of nitrogens with zero attached hydrogens (tertiary/aromatic N) is 1. The van der Waals surface area contributed by atoms with Crippen molar-refractivity contribution in [3.05, 3.63) is 63.4 Å². The first-order chi connectivity index (χ1) is 17.9. The Labute approximate surface area is 224 Å². The number of benzene rings is 1. The molecule has 0 amide bonds. The van der Waals surface area contributed by atoms with Crippen molar-refractivity contribution in [1.29, 1.82) is 0 Å². The number of aromatic amines is 1. The second-order valence-electron chi connectivity index (χ2n) is 8.73. The maximum absolute atomic E-state index is 12.6. The third-order valence-electron chi connectivity index (χ3n) is 5.55. The van der Waals surface area contributed by atoms with Crippen LogP contribution in [-0.4, -0.2) is 62.3 Å². The van der Waals surface area contributed by atoms with Crippen LogP contribution in [0.15, 0.2) is 52.2 Å². The van der Waals surface area contributed by atoms with Crippen molar-refractivity contribution in [3.63, 3.8) is 0 Å². The maximum Gasteiger partial charge on any atom is 0.330 e. The third kappa shape index (κ3) is 6.78. The third-order valence-corrected chi connectivity index (χ3v) is 7.98. The normalized spacial score (nSPS) is 25.3. The molecule has 1 fully saturated rings. The number of ether oxygens (including phenoxy) is 2. The molecule has 0 saturated carbocycles. The van der Waals surface area contributed by atoms with E-state index in [1.165, 1.54) is 0 Å². The number of esters is 1. The number of aliphatic hydroxyl groups is 2. The Morgan fingerprint density at radius 3 is 2.61 bits per heavy atom. The largest absolute Gasteiger partial charge is 0.462 e. The fourth-order valence-electron chi connectivity index (χ4n) is 3.65. The Morgan fingerprint density at radius 1 is 1.34 bits per heavy atom. The van der Waals surface area contributed by atoms with E-state index < -0.39 is 60.5 Å². The van der Waals surface area contributed by atoms with Gasteiger partial charge in [-0.3, -0.25) is 19.1 Å². The molecule has 1 aliphatic rings. The molecule has 0 bridgehead atoms. The predicted molar refractivity (Wildman–Crippen MR) is 141 cm³/mol. The van der Waals surface area contributed by atoms with Crippen LogP contribution in [0.2, 0.25) is 0 Å². The van der Waals surface area contributed by atoms with Gasteiger partial charge in [-0.15, -0.1) is 6.42 Å². The second kappa shape index (κ2) is 12.4. The highest BCUT2D eigenvalue weighted by molar-refractivity contribution is 8.09. The molecule has 38 heavy (non-hydrogen) atoms. The summed E-state index contributed by atoms with van der Waals surface area (Å²) in [5, 5.41) is 24.8. The standard InChI is InChI=1S/C24H30N3O9PS/c1-5-17(21(30)34-15(3)4)26-37(38,36-16-10-8-7-9-11-16)33-14-18-20(29)24(32,6-2)22(35-18)27-13-12-19(28)25-23(27)31/h2,7-13,15,17-18,20,22,29,32H,5,14H2,1,3-4H3,(H,26,38)(H,25,28,31)/t17-,18+,20+,22+,24+,37?/m0/s1. The lowest BCUT2D eigenvalue weighted by Crippen LogP contribution is -2.48. The highest BCUT2D eigenvalue weighted by Crippen LogP contribution is 2.47. The first-order valence-corrected chi connectivity index (χ1v) is 14.4. The summed E-state index contributed by atoms with van der Waals surface area (Å²) >= 11 is 5.69. The van der Waals surface area contributed by atoms with Gasteiger partial charge < -0.3 is 28.7 Å². The van der Waals surface area contributed by atoms with Crippen LogP contribution >= 0.6 is 6.64 Å². The van der Waals surface area contributed by atoms with Crippen LogP contribution in [0.3, 0.4) is 0 Å². The van der Waals surface area contributed by atoms with E-state index in [0.29, 0.717) is 12.2 Å². The van der Waals surface area contributed by atoms with E-state index in [2.05, 4.69) is 11.0 Å². The van der Waals surface area contributed by atoms with Gasteiger partial charge in [0.25, 0.3) is 5.56 Å². The molecule has 1 aromatic heterocycles. The van der Waals surface area contributed by atoms with E-state index in [1.807, 2.05) is 4.98 Å². The Bertz CT molecular complexity index is 1330. The van der Waals surface area contributed by atoms with Crippen molar-refractivity contribution in [2.75, 3.05) is 6.61 Å². The molecule has 4 N–H and O–H groups in total. The van der Waals surface area contributed by atoms with Crippen molar-refractivity contribution in [3.8, 4) is 18.1 Å². The van der Waals surface area contributed by atoms with Crippen LogP contribution in [0.5, 0.6) is 5.75 Å². The molecular weight excluding hydrogens is 537 g/mol. The molecule has 6 atom stereocenters. The SMILES string of the molecule is C#C[C@@]1(O)[C@H](O)[C@@H](COP(=S)(N[C@@H](CC)C(=O)OC(C)C)Oc2ccccc2)O[C@H]1n1ccc(=O)[nH]c1=O. The topological polar surface area (TPSA) is 161 Å². The predicted octanol–water partition coefficient (Wildman–Crippen LogP) is 0.799. The number of para-hydroxylation sites is 1. The van der Waals surface area contributed by atoms with Crippen molar-refractivity contribution < 1.29 is 33.5 Å². The number of carbonyl (C=O) groups excluding carboxylic acids is 1. The summed E-state index contributed by atoms with van der Waals surface area (Å²) in [5.41, 5.74) is -3.92. The fourth-order valence-corrected chi connectivity index (χ4v) is 6.06. The number of hydrogen-bond acceptors (Lipinski definition) is 10. The molecule has 1 aliphatic heterocycles. The zero-order chi connectivity index (χ0) is 28.1. The van der Waals surface area contributed by atoms with Gasteiger partial charge in [-0.2, -0.15) is 0 Å². The van der Waals surface area contributed by atoms with Gasteiger partial charge in [0.05, 0.1) is 12.7 Å². The van der Waals surface area contributed by atoms with Crippen LogP contribution in [0.1, 0.15) is 33.4 Å². The van der Waals surface area contributed by atoms with Crippen molar-refractivity contribution >= 4 is 24.4 Å². The van der Waals surface area contributed by atoms with Gasteiger partial charge in [0.1, 0.15) is 24.0 Å². The lowest BCUT2D eigenvalue weighted by Gasteiger charge is -2.29. The van der Waals surface area contributed by atoms with E-state index in [9.17, 15) is 24.6 Å². The van der Waals surface area contributed by atoms with Crippen molar-refractivity contribution in [2.45, 2.75) is 63.4 Å². The van der Waals surface area contributed by atoms with Gasteiger partial charge in [0.2, 0.25) is 0 Å². The zero-order valence-electron chi connectivity index (χ0n) is 21.0. The van der Waals surface area contributed by atoms with Crippen LogP contribution in [-0.2, 0) is 30.6 Å². The van der Waals surface area contributed by atoms with Gasteiger partial charge >= 0.3 is 18.3 Å². The van der Waals surface area contributed by atoms with E-state index in [0.717, 1.165) is 16.8 Å². The molecule has 2 aromatic rings. The molecule has 0 spiro atoms. The Kier molecular flexibility index (Phi) is 9.67. The van der Waals surface area contributed by atoms with Crippen LogP contribution in [0.4, 0.5) is 0 Å². The van der Waals surface area contributed by atoms with Gasteiger partial charge in [-0.1, -0.05) is 31.0 Å². The summed E-state index contributed by atoms with van der Waals surface area (Å²) < 4.78 is 23.8.